The Morgan fingerprint density at radius 3 is 2.36 bits per heavy atom. The summed E-state index contributed by atoms with van der Waals surface area (Å²) in [5.74, 6) is 0.0819. The van der Waals surface area contributed by atoms with Gasteiger partial charge < -0.3 is 9.64 Å². The van der Waals surface area contributed by atoms with E-state index in [0.717, 1.165) is 11.8 Å². The molecule has 0 saturated carbocycles. The van der Waals surface area contributed by atoms with Crippen LogP contribution in [0.2, 0.25) is 5.02 Å². The summed E-state index contributed by atoms with van der Waals surface area (Å²) in [6, 6.07) is 7.15. The average Bonchev–Trinajstić information content (AvgIpc) is 2.80. The van der Waals surface area contributed by atoms with Crippen molar-refractivity contribution in [1.82, 2.24) is 14.9 Å². The molecule has 0 N–H and O–H groups in total. The van der Waals surface area contributed by atoms with Crippen LogP contribution >= 0.6 is 11.6 Å². The monoisotopic (exact) mass is 494 g/mol. The van der Waals surface area contributed by atoms with E-state index in [0.29, 0.717) is 49.3 Å². The summed E-state index contributed by atoms with van der Waals surface area (Å²) in [6.45, 7) is 4.65. The molecule has 2 aromatic rings. The van der Waals surface area contributed by atoms with Gasteiger partial charge in [0.15, 0.2) is 0 Å². The summed E-state index contributed by atoms with van der Waals surface area (Å²) in [7, 11) is -3.56. The van der Waals surface area contributed by atoms with Gasteiger partial charge in [0.05, 0.1) is 31.1 Å². The molecule has 1 atom stereocenters. The van der Waals surface area contributed by atoms with Gasteiger partial charge in [-0.15, -0.1) is 0 Å². The van der Waals surface area contributed by atoms with Gasteiger partial charge in [-0.05, 0) is 24.6 Å². The number of nitrogens with zero attached hydrogens (tertiary/aromatic N) is 4. The van der Waals surface area contributed by atoms with Crippen LogP contribution in [-0.4, -0.2) is 80.9 Å². The van der Waals surface area contributed by atoms with Crippen molar-refractivity contribution in [3.05, 3.63) is 58.9 Å². The van der Waals surface area contributed by atoms with Crippen LogP contribution < -0.4 is 4.90 Å². The molecule has 3 rings (SSSR count). The lowest BCUT2D eigenvalue weighted by atomic mass is 10.1. The van der Waals surface area contributed by atoms with Crippen LogP contribution in [0.5, 0.6) is 0 Å². The number of carbonyl (C=O) groups is 1. The molecular weight excluding hydrogens is 468 g/mol. The summed E-state index contributed by atoms with van der Waals surface area (Å²) in [5.41, 5.74) is 1.27. The third-order valence-corrected chi connectivity index (χ3v) is 5.87. The lowest BCUT2D eigenvalue weighted by molar-refractivity contribution is 0.0525. The predicted molar refractivity (Wildman–Crippen MR) is 127 cm³/mol. The normalized spacial score (nSPS) is 16.2. The third-order valence-electron chi connectivity index (χ3n) is 5.05. The molecule has 0 aliphatic carbocycles. The minimum atomic E-state index is -3.56. The predicted octanol–water partition coefficient (Wildman–Crippen LogP) is 2.49. The molecule has 0 radical (unpaired) electrons. The fourth-order valence-corrected chi connectivity index (χ4v) is 3.84. The minimum Gasteiger partial charge on any atom is -0.462 e. The average molecular weight is 495 g/mol. The molecule has 11 heteroatoms. The van der Waals surface area contributed by atoms with E-state index in [1.807, 2.05) is 29.2 Å². The molecule has 1 aliphatic heterocycles. The summed E-state index contributed by atoms with van der Waals surface area (Å²) < 4.78 is 33.1. The number of ether oxygens (including phenoxy) is 1. The molecule has 0 amide bonds. The Morgan fingerprint density at radius 1 is 1.15 bits per heavy atom. The van der Waals surface area contributed by atoms with E-state index in [2.05, 4.69) is 14.9 Å². The van der Waals surface area contributed by atoms with Crippen molar-refractivity contribution in [3.8, 4) is 0 Å². The summed E-state index contributed by atoms with van der Waals surface area (Å²) in [5, 5.41) is 0.651. The SMILES string of the molecule is CCOC(=O)c1cnc(N2CCN(C(C=Cc3ccc(Cl)cc3)COS(C)(=O)=O)CC2)nc1. The largest absolute Gasteiger partial charge is 0.462 e. The van der Waals surface area contributed by atoms with E-state index in [9.17, 15) is 13.2 Å². The van der Waals surface area contributed by atoms with Crippen LogP contribution in [0.4, 0.5) is 5.95 Å². The summed E-state index contributed by atoms with van der Waals surface area (Å²) in [4.78, 5) is 24.5. The molecule has 0 spiro atoms. The van der Waals surface area contributed by atoms with Crippen molar-refractivity contribution in [3.63, 3.8) is 0 Å². The Morgan fingerprint density at radius 2 is 1.79 bits per heavy atom. The first-order valence-corrected chi connectivity index (χ1v) is 12.7. The Hall–Kier alpha value is -2.53. The summed E-state index contributed by atoms with van der Waals surface area (Å²) >= 11 is 5.94. The number of piperazine rings is 1. The van der Waals surface area contributed by atoms with E-state index in [4.69, 9.17) is 20.5 Å². The van der Waals surface area contributed by atoms with Gasteiger partial charge in [0.25, 0.3) is 10.1 Å². The number of carbonyl (C=O) groups excluding carboxylic acids is 1. The lowest BCUT2D eigenvalue weighted by Gasteiger charge is -2.38. The standard InChI is InChI=1S/C22H27ClN4O5S/c1-3-31-21(28)18-14-24-22(25-15-18)27-12-10-26(11-13-27)20(16-32-33(2,29)30)9-6-17-4-7-19(23)8-5-17/h4-9,14-15,20H,3,10-13,16H2,1-2H3. The molecule has 1 fully saturated rings. The zero-order chi connectivity index (χ0) is 23.8. The van der Waals surface area contributed by atoms with Crippen molar-refractivity contribution < 1.29 is 22.1 Å². The van der Waals surface area contributed by atoms with Crippen LogP contribution in [0, 0.1) is 0 Å². The van der Waals surface area contributed by atoms with E-state index in [-0.39, 0.29) is 12.6 Å². The Labute approximate surface area is 199 Å². The zero-order valence-electron chi connectivity index (χ0n) is 18.6. The number of benzene rings is 1. The van der Waals surface area contributed by atoms with Crippen LogP contribution in [0.15, 0.2) is 42.7 Å². The maximum absolute atomic E-state index is 11.8. The number of aromatic nitrogens is 2. The van der Waals surface area contributed by atoms with Gasteiger partial charge >= 0.3 is 5.97 Å². The highest BCUT2D eigenvalue weighted by Gasteiger charge is 2.25. The Kier molecular flexibility index (Phi) is 8.79. The highest BCUT2D eigenvalue weighted by atomic mass is 35.5. The van der Waals surface area contributed by atoms with Gasteiger partial charge in [0, 0.05) is 43.6 Å². The van der Waals surface area contributed by atoms with Gasteiger partial charge in [-0.1, -0.05) is 35.9 Å². The fourth-order valence-electron chi connectivity index (χ4n) is 3.33. The van der Waals surface area contributed by atoms with E-state index in [1.165, 1.54) is 12.4 Å². The molecule has 1 unspecified atom stereocenters. The van der Waals surface area contributed by atoms with Crippen LogP contribution in [0.3, 0.4) is 0 Å². The smallest absolute Gasteiger partial charge is 0.341 e. The second-order valence-electron chi connectivity index (χ2n) is 7.48. The third kappa shape index (κ3) is 7.78. The van der Waals surface area contributed by atoms with Crippen LogP contribution in [0.25, 0.3) is 6.08 Å². The van der Waals surface area contributed by atoms with Gasteiger partial charge in [0.1, 0.15) is 0 Å². The molecule has 1 saturated heterocycles. The molecular formula is C22H27ClN4O5S. The molecule has 9 nitrogen and oxygen atoms in total. The number of hydrogen-bond donors (Lipinski definition) is 0. The first kappa shape index (κ1) is 25.1. The minimum absolute atomic E-state index is 0.0215. The quantitative estimate of drug-likeness (QED) is 0.384. The molecule has 2 heterocycles. The summed E-state index contributed by atoms with van der Waals surface area (Å²) in [6.07, 6.45) is 7.84. The maximum Gasteiger partial charge on any atom is 0.341 e. The van der Waals surface area contributed by atoms with Crippen molar-refractivity contribution in [1.29, 1.82) is 0 Å². The maximum atomic E-state index is 11.8. The lowest BCUT2D eigenvalue weighted by Crippen LogP contribution is -2.51. The first-order valence-electron chi connectivity index (χ1n) is 10.5. The van der Waals surface area contributed by atoms with E-state index < -0.39 is 16.1 Å². The highest BCUT2D eigenvalue weighted by Crippen LogP contribution is 2.16. The van der Waals surface area contributed by atoms with Gasteiger partial charge in [-0.2, -0.15) is 8.42 Å². The Bertz CT molecular complexity index is 1050. The number of anilines is 1. The van der Waals surface area contributed by atoms with Crippen molar-refractivity contribution in [2.24, 2.45) is 0 Å². The Balaban J connectivity index is 1.64. The molecule has 178 valence electrons. The number of hydrogen-bond acceptors (Lipinski definition) is 9. The van der Waals surface area contributed by atoms with Gasteiger partial charge in [0.2, 0.25) is 5.95 Å². The van der Waals surface area contributed by atoms with Gasteiger partial charge in [-0.3, -0.25) is 9.08 Å². The molecule has 1 aromatic heterocycles. The zero-order valence-corrected chi connectivity index (χ0v) is 20.1. The van der Waals surface area contributed by atoms with Gasteiger partial charge in [-0.25, -0.2) is 14.8 Å². The molecule has 33 heavy (non-hydrogen) atoms. The van der Waals surface area contributed by atoms with Crippen molar-refractivity contribution >= 4 is 39.7 Å². The number of rotatable bonds is 9. The fraction of sp³-hybridized carbons (Fsp3) is 0.409. The molecule has 1 aliphatic rings. The number of halogens is 1. The molecule has 0 bridgehead atoms. The second kappa shape index (κ2) is 11.6. The first-order chi connectivity index (χ1) is 15.7. The molecule has 1 aromatic carbocycles. The number of esters is 1. The van der Waals surface area contributed by atoms with Crippen LogP contribution in [-0.2, 0) is 19.0 Å². The van der Waals surface area contributed by atoms with E-state index in [1.54, 1.807) is 19.1 Å². The van der Waals surface area contributed by atoms with Crippen molar-refractivity contribution in [2.45, 2.75) is 13.0 Å². The van der Waals surface area contributed by atoms with E-state index >= 15 is 0 Å². The van der Waals surface area contributed by atoms with Crippen LogP contribution in [0.1, 0.15) is 22.8 Å². The van der Waals surface area contributed by atoms with Crippen molar-refractivity contribution in [2.75, 3.05) is 50.5 Å². The topological polar surface area (TPSA) is 102 Å². The second-order valence-corrected chi connectivity index (χ2v) is 9.56. The highest BCUT2D eigenvalue weighted by molar-refractivity contribution is 7.85.